The Labute approximate surface area is 79.3 Å². The van der Waals surface area contributed by atoms with Crippen LogP contribution in [-0.2, 0) is 9.47 Å². The van der Waals surface area contributed by atoms with Crippen molar-refractivity contribution in [2.45, 2.75) is 38.8 Å². The molecule has 76 valence electrons. The predicted molar refractivity (Wildman–Crippen MR) is 50.3 cm³/mol. The summed E-state index contributed by atoms with van der Waals surface area (Å²) < 4.78 is 10.9. The molecule has 0 saturated carbocycles. The van der Waals surface area contributed by atoms with Crippen LogP contribution in [0.3, 0.4) is 0 Å². The summed E-state index contributed by atoms with van der Waals surface area (Å²) >= 11 is 0. The van der Waals surface area contributed by atoms with Crippen LogP contribution in [0, 0.1) is 5.92 Å². The van der Waals surface area contributed by atoms with Gasteiger partial charge < -0.3 is 14.6 Å². The fourth-order valence-electron chi connectivity index (χ4n) is 1.36. The Hall–Kier alpha value is -0.380. The predicted octanol–water partition coefficient (Wildman–Crippen LogP) is 1.32. The van der Waals surface area contributed by atoms with Gasteiger partial charge in [-0.3, -0.25) is 0 Å². The standard InChI is InChI=1S/C10H18O3/c1-5-7(2)9(11)8-6-12-10(3,4)13-8/h5,7-9,11H,1,6H2,2-4H3/t7-,8+,9-/m0/s1. The minimum absolute atomic E-state index is 0.0301. The zero-order valence-corrected chi connectivity index (χ0v) is 8.49. The molecule has 3 atom stereocenters. The molecular weight excluding hydrogens is 168 g/mol. The van der Waals surface area contributed by atoms with Crippen LogP contribution in [0.25, 0.3) is 0 Å². The van der Waals surface area contributed by atoms with Crippen molar-refractivity contribution in [1.82, 2.24) is 0 Å². The van der Waals surface area contributed by atoms with Crippen molar-refractivity contribution in [3.63, 3.8) is 0 Å². The smallest absolute Gasteiger partial charge is 0.163 e. The zero-order chi connectivity index (χ0) is 10.1. The van der Waals surface area contributed by atoms with Crippen molar-refractivity contribution in [3.05, 3.63) is 12.7 Å². The number of aliphatic hydroxyl groups excluding tert-OH is 1. The normalized spacial score (nSPS) is 31.2. The van der Waals surface area contributed by atoms with Gasteiger partial charge in [-0.1, -0.05) is 13.0 Å². The number of aliphatic hydroxyl groups is 1. The third-order valence-corrected chi connectivity index (χ3v) is 2.32. The van der Waals surface area contributed by atoms with E-state index in [4.69, 9.17) is 9.47 Å². The molecule has 3 nitrogen and oxygen atoms in total. The molecule has 0 spiro atoms. The largest absolute Gasteiger partial charge is 0.390 e. The summed E-state index contributed by atoms with van der Waals surface area (Å²) in [5.41, 5.74) is 0. The first-order valence-electron chi connectivity index (χ1n) is 4.58. The van der Waals surface area contributed by atoms with Crippen LogP contribution in [0.1, 0.15) is 20.8 Å². The maximum atomic E-state index is 9.77. The Morgan fingerprint density at radius 1 is 1.62 bits per heavy atom. The zero-order valence-electron chi connectivity index (χ0n) is 8.49. The molecule has 0 unspecified atom stereocenters. The van der Waals surface area contributed by atoms with E-state index < -0.39 is 11.9 Å². The van der Waals surface area contributed by atoms with E-state index in [1.807, 2.05) is 20.8 Å². The van der Waals surface area contributed by atoms with Crippen LogP contribution >= 0.6 is 0 Å². The summed E-state index contributed by atoms with van der Waals surface area (Å²) in [5.74, 6) is -0.533. The van der Waals surface area contributed by atoms with Gasteiger partial charge in [0, 0.05) is 5.92 Å². The molecule has 0 aromatic rings. The first kappa shape index (κ1) is 10.7. The molecule has 1 N–H and O–H groups in total. The quantitative estimate of drug-likeness (QED) is 0.676. The van der Waals surface area contributed by atoms with E-state index in [-0.39, 0.29) is 12.0 Å². The van der Waals surface area contributed by atoms with Gasteiger partial charge in [-0.2, -0.15) is 0 Å². The molecule has 1 heterocycles. The molecular formula is C10H18O3. The maximum Gasteiger partial charge on any atom is 0.163 e. The Bertz CT molecular complexity index is 189. The highest BCUT2D eigenvalue weighted by atomic mass is 16.7. The average molecular weight is 186 g/mol. The molecule has 3 heteroatoms. The highest BCUT2D eigenvalue weighted by Crippen LogP contribution is 2.26. The fraction of sp³-hybridized carbons (Fsp3) is 0.800. The molecule has 1 fully saturated rings. The first-order chi connectivity index (χ1) is 5.96. The van der Waals surface area contributed by atoms with E-state index in [2.05, 4.69) is 6.58 Å². The molecule has 13 heavy (non-hydrogen) atoms. The third-order valence-electron chi connectivity index (χ3n) is 2.32. The van der Waals surface area contributed by atoms with E-state index in [1.54, 1.807) is 6.08 Å². The highest BCUT2D eigenvalue weighted by Gasteiger charge is 2.37. The summed E-state index contributed by atoms with van der Waals surface area (Å²) in [6, 6.07) is 0. The van der Waals surface area contributed by atoms with E-state index in [0.717, 1.165) is 0 Å². The average Bonchev–Trinajstić information content (AvgIpc) is 2.43. The highest BCUT2D eigenvalue weighted by molar-refractivity contribution is 4.88. The van der Waals surface area contributed by atoms with Crippen LogP contribution in [0.5, 0.6) is 0 Å². The second kappa shape index (κ2) is 3.78. The van der Waals surface area contributed by atoms with Crippen LogP contribution in [0.4, 0.5) is 0 Å². The second-order valence-corrected chi connectivity index (χ2v) is 3.95. The molecule has 1 rings (SSSR count). The molecule has 0 aromatic carbocycles. The number of ether oxygens (including phenoxy) is 2. The van der Waals surface area contributed by atoms with Crippen molar-refractivity contribution in [3.8, 4) is 0 Å². The summed E-state index contributed by atoms with van der Waals surface area (Å²) in [5, 5.41) is 9.77. The van der Waals surface area contributed by atoms with Crippen LogP contribution in [-0.4, -0.2) is 29.7 Å². The minimum atomic E-state index is -0.563. The maximum absolute atomic E-state index is 9.77. The molecule has 0 amide bonds. The van der Waals surface area contributed by atoms with E-state index in [1.165, 1.54) is 0 Å². The molecule has 1 aliphatic rings. The van der Waals surface area contributed by atoms with E-state index >= 15 is 0 Å². The fourth-order valence-corrected chi connectivity index (χ4v) is 1.36. The lowest BCUT2D eigenvalue weighted by atomic mass is 10.0. The summed E-state index contributed by atoms with van der Waals surface area (Å²) in [6.07, 6.45) is 0.960. The van der Waals surface area contributed by atoms with Crippen LogP contribution in [0.2, 0.25) is 0 Å². The van der Waals surface area contributed by atoms with Crippen molar-refractivity contribution in [2.75, 3.05) is 6.61 Å². The lowest BCUT2D eigenvalue weighted by Crippen LogP contribution is -2.34. The van der Waals surface area contributed by atoms with Gasteiger partial charge in [-0.15, -0.1) is 6.58 Å². The molecule has 0 aromatic heterocycles. The topological polar surface area (TPSA) is 38.7 Å². The summed E-state index contributed by atoms with van der Waals surface area (Å²) in [6.45, 7) is 9.68. The second-order valence-electron chi connectivity index (χ2n) is 3.95. The monoisotopic (exact) mass is 186 g/mol. The first-order valence-corrected chi connectivity index (χ1v) is 4.58. The van der Waals surface area contributed by atoms with Gasteiger partial charge in [0.05, 0.1) is 12.7 Å². The van der Waals surface area contributed by atoms with Gasteiger partial charge in [0.2, 0.25) is 0 Å². The Balaban J connectivity index is 2.51. The van der Waals surface area contributed by atoms with Crippen LogP contribution < -0.4 is 0 Å². The van der Waals surface area contributed by atoms with Gasteiger partial charge in [0.1, 0.15) is 6.10 Å². The Kier molecular flexibility index (Phi) is 3.11. The van der Waals surface area contributed by atoms with Gasteiger partial charge in [0.25, 0.3) is 0 Å². The van der Waals surface area contributed by atoms with Gasteiger partial charge >= 0.3 is 0 Å². The van der Waals surface area contributed by atoms with E-state index in [0.29, 0.717) is 6.61 Å². The summed E-state index contributed by atoms with van der Waals surface area (Å²) in [4.78, 5) is 0. The number of rotatable bonds is 3. The molecule has 0 radical (unpaired) electrons. The third kappa shape index (κ3) is 2.53. The SMILES string of the molecule is C=C[C@H](C)[C@H](O)[C@H]1COC(C)(C)O1. The van der Waals surface area contributed by atoms with E-state index in [9.17, 15) is 5.11 Å². The van der Waals surface area contributed by atoms with Gasteiger partial charge in [-0.25, -0.2) is 0 Å². The molecule has 0 aliphatic carbocycles. The van der Waals surface area contributed by atoms with Crippen molar-refractivity contribution in [2.24, 2.45) is 5.92 Å². The Morgan fingerprint density at radius 3 is 2.62 bits per heavy atom. The molecule has 1 saturated heterocycles. The van der Waals surface area contributed by atoms with Crippen molar-refractivity contribution in [1.29, 1.82) is 0 Å². The van der Waals surface area contributed by atoms with Crippen LogP contribution in [0.15, 0.2) is 12.7 Å². The van der Waals surface area contributed by atoms with Gasteiger partial charge in [-0.05, 0) is 13.8 Å². The van der Waals surface area contributed by atoms with Crippen molar-refractivity contribution >= 4 is 0 Å². The Morgan fingerprint density at radius 2 is 2.23 bits per heavy atom. The summed E-state index contributed by atoms with van der Waals surface area (Å²) in [7, 11) is 0. The molecule has 0 bridgehead atoms. The minimum Gasteiger partial charge on any atom is -0.390 e. The lowest BCUT2D eigenvalue weighted by Gasteiger charge is -2.22. The lowest BCUT2D eigenvalue weighted by molar-refractivity contribution is -0.153. The van der Waals surface area contributed by atoms with Crippen molar-refractivity contribution < 1.29 is 14.6 Å². The number of hydrogen-bond acceptors (Lipinski definition) is 3. The van der Waals surface area contributed by atoms with Gasteiger partial charge in [0.15, 0.2) is 5.79 Å². The molecule has 1 aliphatic heterocycles. The number of hydrogen-bond donors (Lipinski definition) is 1.